The lowest BCUT2D eigenvalue weighted by atomic mass is 10.2. The molecule has 0 N–H and O–H groups in total. The second kappa shape index (κ2) is 7.43. The first-order valence-corrected chi connectivity index (χ1v) is 9.39. The molecule has 0 bridgehead atoms. The van der Waals surface area contributed by atoms with Crippen LogP contribution in [0.2, 0.25) is 0 Å². The van der Waals surface area contributed by atoms with Crippen molar-refractivity contribution in [3.8, 4) is 5.75 Å². The zero-order chi connectivity index (χ0) is 18.0. The first-order chi connectivity index (χ1) is 12.0. The largest absolute Gasteiger partial charge is 0.481 e. The van der Waals surface area contributed by atoms with Crippen molar-refractivity contribution < 1.29 is 13.9 Å². The highest BCUT2D eigenvalue weighted by molar-refractivity contribution is 7.98. The fraction of sp³-hybridized carbons (Fsp3) is 0.471. The molecule has 2 heterocycles. The Morgan fingerprint density at radius 1 is 1.44 bits per heavy atom. The number of amides is 1. The van der Waals surface area contributed by atoms with Crippen LogP contribution in [0.4, 0.5) is 4.39 Å². The molecular formula is C17H21FN4O2S. The van der Waals surface area contributed by atoms with Crippen LogP contribution in [0, 0.1) is 5.82 Å². The van der Waals surface area contributed by atoms with E-state index in [1.165, 1.54) is 23.9 Å². The molecule has 0 aliphatic carbocycles. The average Bonchev–Trinajstić information content (AvgIpc) is 3.20. The molecule has 1 saturated heterocycles. The normalized spacial score (nSPS) is 18.4. The lowest BCUT2D eigenvalue weighted by Gasteiger charge is -2.27. The van der Waals surface area contributed by atoms with Gasteiger partial charge in [-0.3, -0.25) is 4.79 Å². The number of ether oxygens (including phenoxy) is 1. The Hall–Kier alpha value is -2.09. The van der Waals surface area contributed by atoms with Gasteiger partial charge in [0.2, 0.25) is 0 Å². The maximum atomic E-state index is 13.3. The van der Waals surface area contributed by atoms with Crippen molar-refractivity contribution in [3.05, 3.63) is 35.9 Å². The average molecular weight is 364 g/mol. The van der Waals surface area contributed by atoms with Gasteiger partial charge < -0.3 is 14.2 Å². The molecule has 6 nitrogen and oxygen atoms in total. The van der Waals surface area contributed by atoms with E-state index >= 15 is 0 Å². The van der Waals surface area contributed by atoms with Gasteiger partial charge >= 0.3 is 0 Å². The molecule has 1 fully saturated rings. The van der Waals surface area contributed by atoms with Gasteiger partial charge in [0.25, 0.3) is 5.91 Å². The Morgan fingerprint density at radius 2 is 2.24 bits per heavy atom. The molecule has 1 aliphatic heterocycles. The molecule has 1 amide bonds. The number of carbonyl (C=O) groups excluding carboxylic acids is 1. The monoisotopic (exact) mass is 364 g/mol. The van der Waals surface area contributed by atoms with E-state index in [9.17, 15) is 9.18 Å². The van der Waals surface area contributed by atoms with Crippen LogP contribution in [-0.4, -0.2) is 44.5 Å². The van der Waals surface area contributed by atoms with Crippen LogP contribution in [0.25, 0.3) is 0 Å². The minimum Gasteiger partial charge on any atom is -0.481 e. The zero-order valence-corrected chi connectivity index (χ0v) is 15.3. The number of nitrogens with zero attached hydrogens (tertiary/aromatic N) is 4. The lowest BCUT2D eigenvalue weighted by Crippen LogP contribution is -2.40. The van der Waals surface area contributed by atoms with Crippen molar-refractivity contribution in [1.82, 2.24) is 19.7 Å². The van der Waals surface area contributed by atoms with Crippen molar-refractivity contribution in [2.45, 2.75) is 37.1 Å². The summed E-state index contributed by atoms with van der Waals surface area (Å²) in [6, 6.07) is 5.71. The Labute approximate surface area is 150 Å². The third-order valence-corrected chi connectivity index (χ3v) is 5.06. The third kappa shape index (κ3) is 3.63. The Balaban J connectivity index is 1.74. The fourth-order valence-electron chi connectivity index (χ4n) is 3.12. The molecule has 3 rings (SSSR count). The highest BCUT2D eigenvalue weighted by atomic mass is 32.2. The first-order valence-electron chi connectivity index (χ1n) is 8.17. The van der Waals surface area contributed by atoms with E-state index in [-0.39, 0.29) is 17.8 Å². The van der Waals surface area contributed by atoms with Gasteiger partial charge in [-0.1, -0.05) is 17.8 Å². The molecule has 0 unspecified atom stereocenters. The Morgan fingerprint density at radius 3 is 2.92 bits per heavy atom. The maximum absolute atomic E-state index is 13.3. The predicted octanol–water partition coefficient (Wildman–Crippen LogP) is 2.81. The van der Waals surface area contributed by atoms with Crippen molar-refractivity contribution in [1.29, 1.82) is 0 Å². The van der Waals surface area contributed by atoms with Gasteiger partial charge in [0.15, 0.2) is 17.1 Å². The fourth-order valence-corrected chi connectivity index (χ4v) is 3.61. The van der Waals surface area contributed by atoms with Crippen LogP contribution in [0.1, 0.15) is 31.6 Å². The number of carbonyl (C=O) groups is 1. The number of benzene rings is 1. The minimum atomic E-state index is -0.698. The minimum absolute atomic E-state index is 0.107. The van der Waals surface area contributed by atoms with E-state index in [2.05, 4.69) is 10.2 Å². The van der Waals surface area contributed by atoms with Crippen LogP contribution in [-0.2, 0) is 11.8 Å². The summed E-state index contributed by atoms with van der Waals surface area (Å²) in [4.78, 5) is 14.6. The molecule has 2 atom stereocenters. The van der Waals surface area contributed by atoms with E-state index < -0.39 is 6.10 Å². The van der Waals surface area contributed by atoms with Crippen LogP contribution in [0.3, 0.4) is 0 Å². The summed E-state index contributed by atoms with van der Waals surface area (Å²) in [6.45, 7) is 2.34. The van der Waals surface area contributed by atoms with Crippen LogP contribution in [0.15, 0.2) is 29.4 Å². The van der Waals surface area contributed by atoms with Crippen molar-refractivity contribution in [3.63, 3.8) is 0 Å². The number of likely N-dealkylation sites (tertiary alicyclic amines) is 1. The Kier molecular flexibility index (Phi) is 5.27. The molecule has 2 aromatic rings. The molecule has 0 spiro atoms. The SMILES string of the molecule is CSc1nnc([C@@H]2CCCN2C(=O)[C@@H](C)Oc2cccc(F)c2)n1C. The number of hydrogen-bond donors (Lipinski definition) is 0. The van der Waals surface area contributed by atoms with Gasteiger partial charge in [-0.15, -0.1) is 10.2 Å². The third-order valence-electron chi connectivity index (χ3n) is 4.34. The van der Waals surface area contributed by atoms with Gasteiger partial charge in [0, 0.05) is 19.7 Å². The summed E-state index contributed by atoms with van der Waals surface area (Å²) >= 11 is 1.52. The summed E-state index contributed by atoms with van der Waals surface area (Å²) in [5.41, 5.74) is 0. The van der Waals surface area contributed by atoms with Crippen molar-refractivity contribution >= 4 is 17.7 Å². The van der Waals surface area contributed by atoms with E-state index in [1.54, 1.807) is 24.0 Å². The molecule has 8 heteroatoms. The summed E-state index contributed by atoms with van der Waals surface area (Å²) in [5, 5.41) is 9.24. The summed E-state index contributed by atoms with van der Waals surface area (Å²) < 4.78 is 20.8. The molecule has 1 aromatic carbocycles. The molecule has 1 aliphatic rings. The second-order valence-corrected chi connectivity index (χ2v) is 6.78. The number of halogens is 1. The van der Waals surface area contributed by atoms with Gasteiger partial charge in [0.1, 0.15) is 11.6 Å². The number of hydrogen-bond acceptors (Lipinski definition) is 5. The number of rotatable bonds is 5. The highest BCUT2D eigenvalue weighted by Crippen LogP contribution is 2.32. The van der Waals surface area contributed by atoms with E-state index in [4.69, 9.17) is 4.74 Å². The standard InChI is InChI=1S/C17H21FN4O2S/c1-11(24-13-7-4-6-12(18)10-13)16(23)22-9-5-8-14(22)15-19-20-17(25-3)21(15)2/h4,6-7,10-11,14H,5,8-9H2,1-3H3/t11-,14+/m1/s1. The molecule has 134 valence electrons. The molecular weight excluding hydrogens is 343 g/mol. The topological polar surface area (TPSA) is 60.3 Å². The van der Waals surface area contributed by atoms with Crippen LogP contribution < -0.4 is 4.74 Å². The van der Waals surface area contributed by atoms with Gasteiger partial charge in [-0.05, 0) is 38.2 Å². The van der Waals surface area contributed by atoms with Crippen molar-refractivity contribution in [2.24, 2.45) is 7.05 Å². The zero-order valence-electron chi connectivity index (χ0n) is 14.5. The van der Waals surface area contributed by atoms with E-state index in [1.807, 2.05) is 17.9 Å². The maximum Gasteiger partial charge on any atom is 0.263 e. The summed E-state index contributed by atoms with van der Waals surface area (Å²) in [6.07, 6.45) is 3.00. The van der Waals surface area contributed by atoms with E-state index in [0.717, 1.165) is 23.8 Å². The van der Waals surface area contributed by atoms with Gasteiger partial charge in [0.05, 0.1) is 6.04 Å². The molecule has 1 aromatic heterocycles. The first kappa shape index (κ1) is 17.7. The lowest BCUT2D eigenvalue weighted by molar-refractivity contribution is -0.139. The number of aromatic nitrogens is 3. The smallest absolute Gasteiger partial charge is 0.263 e. The van der Waals surface area contributed by atoms with E-state index in [0.29, 0.717) is 12.3 Å². The van der Waals surface area contributed by atoms with Crippen LogP contribution >= 0.6 is 11.8 Å². The van der Waals surface area contributed by atoms with Crippen molar-refractivity contribution in [2.75, 3.05) is 12.8 Å². The van der Waals surface area contributed by atoms with Gasteiger partial charge in [-0.2, -0.15) is 0 Å². The molecule has 25 heavy (non-hydrogen) atoms. The number of thioether (sulfide) groups is 1. The highest BCUT2D eigenvalue weighted by Gasteiger charge is 2.36. The molecule has 0 saturated carbocycles. The summed E-state index contributed by atoms with van der Waals surface area (Å²) in [7, 11) is 1.91. The predicted molar refractivity (Wildman–Crippen MR) is 93.0 cm³/mol. The quantitative estimate of drug-likeness (QED) is 0.764. The van der Waals surface area contributed by atoms with Crippen LogP contribution in [0.5, 0.6) is 5.75 Å². The summed E-state index contributed by atoms with van der Waals surface area (Å²) in [5.74, 6) is 0.619. The van der Waals surface area contributed by atoms with Gasteiger partial charge in [-0.25, -0.2) is 4.39 Å². The second-order valence-electron chi connectivity index (χ2n) is 6.01. The Bertz CT molecular complexity index is 767. The molecule has 0 radical (unpaired) electrons.